The van der Waals surface area contributed by atoms with Crippen molar-refractivity contribution in [2.45, 2.75) is 20.5 Å². The van der Waals surface area contributed by atoms with Crippen LogP contribution in [0.5, 0.6) is 0 Å². The van der Waals surface area contributed by atoms with E-state index in [9.17, 15) is 9.18 Å². The first-order valence-corrected chi connectivity index (χ1v) is 6.88. The standard InChI is InChI=1S/C14H14Cl2FNO2/c1-14(2)9(6-10(15)16)12(14)13(19)20-7-8-3-4-18-11(17)5-8/h3-6,9,12H,7H2,1-2H3. The van der Waals surface area contributed by atoms with Gasteiger partial charge in [0.25, 0.3) is 0 Å². The van der Waals surface area contributed by atoms with Crippen LogP contribution >= 0.6 is 23.2 Å². The number of halogens is 3. The molecular weight excluding hydrogens is 304 g/mol. The third kappa shape index (κ3) is 3.30. The van der Waals surface area contributed by atoms with Crippen LogP contribution in [0.2, 0.25) is 0 Å². The van der Waals surface area contributed by atoms with E-state index in [1.54, 1.807) is 12.1 Å². The van der Waals surface area contributed by atoms with Crippen LogP contribution in [-0.2, 0) is 16.1 Å². The Bertz CT molecular complexity index is 556. The average Bonchev–Trinajstić information content (AvgIpc) is 2.87. The fourth-order valence-electron chi connectivity index (χ4n) is 2.35. The monoisotopic (exact) mass is 317 g/mol. The van der Waals surface area contributed by atoms with Crippen molar-refractivity contribution >= 4 is 29.2 Å². The van der Waals surface area contributed by atoms with Gasteiger partial charge in [-0.1, -0.05) is 37.0 Å². The summed E-state index contributed by atoms with van der Waals surface area (Å²) in [4.78, 5) is 15.5. The van der Waals surface area contributed by atoms with Gasteiger partial charge in [-0.15, -0.1) is 0 Å². The third-order valence-corrected chi connectivity index (χ3v) is 3.89. The lowest BCUT2D eigenvalue weighted by atomic mass is 10.1. The molecule has 0 aliphatic heterocycles. The maximum absolute atomic E-state index is 12.9. The highest BCUT2D eigenvalue weighted by atomic mass is 35.5. The normalized spacial score (nSPS) is 23.1. The van der Waals surface area contributed by atoms with Gasteiger partial charge in [0.1, 0.15) is 11.1 Å². The highest BCUT2D eigenvalue weighted by Gasteiger charge is 2.61. The summed E-state index contributed by atoms with van der Waals surface area (Å²) >= 11 is 11.3. The fourth-order valence-corrected chi connectivity index (χ4v) is 2.62. The molecule has 2 atom stereocenters. The van der Waals surface area contributed by atoms with Crippen molar-refractivity contribution in [3.05, 3.63) is 40.4 Å². The predicted octanol–water partition coefficient (Wildman–Crippen LogP) is 3.86. The van der Waals surface area contributed by atoms with Gasteiger partial charge in [-0.3, -0.25) is 4.79 Å². The van der Waals surface area contributed by atoms with Crippen LogP contribution in [0, 0.1) is 23.2 Å². The van der Waals surface area contributed by atoms with Crippen molar-refractivity contribution in [2.24, 2.45) is 17.3 Å². The molecule has 0 amide bonds. The summed E-state index contributed by atoms with van der Waals surface area (Å²) in [5, 5.41) is 0. The maximum Gasteiger partial charge on any atom is 0.310 e. The summed E-state index contributed by atoms with van der Waals surface area (Å²) in [5.74, 6) is -1.24. The SMILES string of the molecule is CC1(C)C(C=C(Cl)Cl)C1C(=O)OCc1ccnc(F)c1. The van der Waals surface area contributed by atoms with Gasteiger partial charge in [-0.05, 0) is 35.1 Å². The Morgan fingerprint density at radius 1 is 1.55 bits per heavy atom. The number of carbonyl (C=O) groups is 1. The number of pyridine rings is 1. The Morgan fingerprint density at radius 3 is 2.85 bits per heavy atom. The predicted molar refractivity (Wildman–Crippen MR) is 74.5 cm³/mol. The summed E-state index contributed by atoms with van der Waals surface area (Å²) in [6.45, 7) is 3.92. The smallest absolute Gasteiger partial charge is 0.310 e. The van der Waals surface area contributed by atoms with Crippen molar-refractivity contribution < 1.29 is 13.9 Å². The van der Waals surface area contributed by atoms with Crippen molar-refractivity contribution in [3.63, 3.8) is 0 Å². The molecule has 1 aromatic rings. The Morgan fingerprint density at radius 2 is 2.25 bits per heavy atom. The van der Waals surface area contributed by atoms with Crippen LogP contribution in [0.4, 0.5) is 4.39 Å². The van der Waals surface area contributed by atoms with Crippen LogP contribution in [-0.4, -0.2) is 11.0 Å². The number of nitrogens with zero attached hydrogens (tertiary/aromatic N) is 1. The zero-order valence-electron chi connectivity index (χ0n) is 11.1. The number of aromatic nitrogens is 1. The minimum atomic E-state index is -0.597. The molecule has 108 valence electrons. The second kappa shape index (κ2) is 5.70. The highest BCUT2D eigenvalue weighted by Crippen LogP contribution is 2.60. The molecule has 3 nitrogen and oxygen atoms in total. The molecule has 1 saturated carbocycles. The fraction of sp³-hybridized carbons (Fsp3) is 0.429. The lowest BCUT2D eigenvalue weighted by Gasteiger charge is -2.05. The summed E-state index contributed by atoms with van der Waals surface area (Å²) < 4.78 is 18.3. The Kier molecular flexibility index (Phi) is 4.35. The molecule has 0 spiro atoms. The molecule has 0 N–H and O–H groups in total. The van der Waals surface area contributed by atoms with Crippen molar-refractivity contribution in [1.82, 2.24) is 4.98 Å². The molecule has 1 aromatic heterocycles. The molecule has 0 bridgehead atoms. The topological polar surface area (TPSA) is 39.2 Å². The average molecular weight is 318 g/mol. The molecule has 2 unspecified atom stereocenters. The molecule has 2 rings (SSSR count). The summed E-state index contributed by atoms with van der Waals surface area (Å²) in [5.41, 5.74) is 0.335. The van der Waals surface area contributed by atoms with Crippen LogP contribution < -0.4 is 0 Å². The number of hydrogen-bond donors (Lipinski definition) is 0. The zero-order chi connectivity index (χ0) is 14.9. The molecule has 6 heteroatoms. The highest BCUT2D eigenvalue weighted by molar-refractivity contribution is 6.55. The van der Waals surface area contributed by atoms with Gasteiger partial charge >= 0.3 is 5.97 Å². The largest absolute Gasteiger partial charge is 0.461 e. The first kappa shape index (κ1) is 15.3. The number of rotatable bonds is 4. The molecule has 20 heavy (non-hydrogen) atoms. The van der Waals surface area contributed by atoms with Gasteiger partial charge in [-0.2, -0.15) is 4.39 Å². The van der Waals surface area contributed by atoms with Gasteiger partial charge in [0, 0.05) is 6.20 Å². The van der Waals surface area contributed by atoms with E-state index in [0.717, 1.165) is 0 Å². The molecule has 0 radical (unpaired) electrons. The van der Waals surface area contributed by atoms with Crippen LogP contribution in [0.15, 0.2) is 28.9 Å². The zero-order valence-corrected chi connectivity index (χ0v) is 12.6. The van der Waals surface area contributed by atoms with Crippen LogP contribution in [0.3, 0.4) is 0 Å². The van der Waals surface area contributed by atoms with E-state index < -0.39 is 5.95 Å². The number of carbonyl (C=O) groups excluding carboxylic acids is 1. The van der Waals surface area contributed by atoms with Crippen LogP contribution in [0.1, 0.15) is 19.4 Å². The third-order valence-electron chi connectivity index (χ3n) is 3.64. The van der Waals surface area contributed by atoms with E-state index in [0.29, 0.717) is 5.56 Å². The van der Waals surface area contributed by atoms with E-state index in [4.69, 9.17) is 27.9 Å². The van der Waals surface area contributed by atoms with Crippen molar-refractivity contribution in [2.75, 3.05) is 0 Å². The maximum atomic E-state index is 12.9. The van der Waals surface area contributed by atoms with E-state index in [1.165, 1.54) is 12.3 Å². The summed E-state index contributed by atoms with van der Waals surface area (Å²) in [7, 11) is 0. The number of ether oxygens (including phenoxy) is 1. The molecule has 0 saturated heterocycles. The number of allylic oxidation sites excluding steroid dienone is 1. The number of hydrogen-bond acceptors (Lipinski definition) is 3. The van der Waals surface area contributed by atoms with Crippen molar-refractivity contribution in [1.29, 1.82) is 0 Å². The van der Waals surface area contributed by atoms with E-state index in [-0.39, 0.29) is 34.3 Å². The van der Waals surface area contributed by atoms with Gasteiger partial charge in [-0.25, -0.2) is 4.98 Å². The van der Waals surface area contributed by atoms with E-state index in [1.807, 2.05) is 13.8 Å². The van der Waals surface area contributed by atoms with Crippen LogP contribution in [0.25, 0.3) is 0 Å². The minimum absolute atomic E-state index is 0.0237. The molecule has 1 fully saturated rings. The Balaban J connectivity index is 1.95. The lowest BCUT2D eigenvalue weighted by molar-refractivity contribution is -0.147. The molecule has 1 aliphatic rings. The molecular formula is C14H14Cl2FNO2. The number of esters is 1. The first-order valence-electron chi connectivity index (χ1n) is 6.12. The first-order chi connectivity index (χ1) is 9.32. The molecule has 1 aliphatic carbocycles. The van der Waals surface area contributed by atoms with E-state index in [2.05, 4.69) is 4.98 Å². The summed E-state index contributed by atoms with van der Waals surface area (Å²) in [6.07, 6.45) is 2.99. The summed E-state index contributed by atoms with van der Waals surface area (Å²) in [6, 6.07) is 2.83. The second-order valence-electron chi connectivity index (χ2n) is 5.38. The van der Waals surface area contributed by atoms with Gasteiger partial charge in [0.05, 0.1) is 5.92 Å². The molecule has 1 heterocycles. The van der Waals surface area contributed by atoms with Gasteiger partial charge < -0.3 is 4.74 Å². The second-order valence-corrected chi connectivity index (χ2v) is 6.38. The Labute approximate surface area is 126 Å². The molecule has 0 aromatic carbocycles. The van der Waals surface area contributed by atoms with Gasteiger partial charge in [0.15, 0.2) is 0 Å². The quantitative estimate of drug-likeness (QED) is 0.625. The Hall–Kier alpha value is -1.13. The van der Waals surface area contributed by atoms with E-state index >= 15 is 0 Å². The van der Waals surface area contributed by atoms with Crippen molar-refractivity contribution in [3.8, 4) is 0 Å². The lowest BCUT2D eigenvalue weighted by Crippen LogP contribution is -2.10. The minimum Gasteiger partial charge on any atom is -0.461 e. The van der Waals surface area contributed by atoms with Gasteiger partial charge in [0.2, 0.25) is 5.95 Å².